The smallest absolute Gasteiger partial charge is 0.184 e. The number of alkyl halides is 1. The van der Waals surface area contributed by atoms with Gasteiger partial charge in [-0.1, -0.05) is 0 Å². The molecule has 0 amide bonds. The Morgan fingerprint density at radius 1 is 1.43 bits per heavy atom. The molecule has 0 aliphatic carbocycles. The van der Waals surface area contributed by atoms with Crippen LogP contribution in [-0.2, 0) is 0 Å². The molecule has 0 fully saturated rings. The van der Waals surface area contributed by atoms with Crippen LogP contribution in [0.15, 0.2) is 12.1 Å². The summed E-state index contributed by atoms with van der Waals surface area (Å²) in [6.45, 7) is 0. The number of benzene rings is 1. The summed E-state index contributed by atoms with van der Waals surface area (Å²) >= 11 is 5.25. The van der Waals surface area contributed by atoms with Crippen molar-refractivity contribution in [2.75, 3.05) is 13.0 Å². The molecule has 1 aromatic rings. The topological polar surface area (TPSA) is 26.3 Å². The predicted molar refractivity (Wildman–Crippen MR) is 48.0 cm³/mol. The van der Waals surface area contributed by atoms with Crippen LogP contribution in [0.25, 0.3) is 0 Å². The first-order valence-electron chi connectivity index (χ1n) is 3.73. The summed E-state index contributed by atoms with van der Waals surface area (Å²) in [7, 11) is 1.16. The molecule has 0 bridgehead atoms. The van der Waals surface area contributed by atoms with Gasteiger partial charge in [0.25, 0.3) is 0 Å². The molecule has 0 aliphatic heterocycles. The molecule has 0 aliphatic rings. The second kappa shape index (κ2) is 4.37. The number of ether oxygens (including phenoxy) is 1. The average Bonchev–Trinajstić information content (AvgIpc) is 2.19. The molecule has 0 saturated carbocycles. The first-order valence-corrected chi connectivity index (χ1v) is 4.26. The predicted octanol–water partition coefficient (Wildman–Crippen LogP) is 2.39. The van der Waals surface area contributed by atoms with Gasteiger partial charge in [0.15, 0.2) is 17.3 Å². The molecule has 0 heterocycles. The summed E-state index contributed by atoms with van der Waals surface area (Å²) in [4.78, 5) is 11.1. The van der Waals surface area contributed by atoms with E-state index in [1.807, 2.05) is 0 Å². The highest BCUT2D eigenvalue weighted by Crippen LogP contribution is 2.25. The number of hydrogen-bond donors (Lipinski definition) is 0. The van der Waals surface area contributed by atoms with E-state index in [-0.39, 0.29) is 0 Å². The number of methoxy groups -OCH3 is 1. The van der Waals surface area contributed by atoms with Gasteiger partial charge >= 0.3 is 0 Å². The van der Waals surface area contributed by atoms with Crippen LogP contribution in [0.1, 0.15) is 10.4 Å². The van der Waals surface area contributed by atoms with Gasteiger partial charge in [0, 0.05) is 0 Å². The van der Waals surface area contributed by atoms with E-state index in [4.69, 9.17) is 11.6 Å². The van der Waals surface area contributed by atoms with Gasteiger partial charge in [-0.25, -0.2) is 8.78 Å². The minimum absolute atomic E-state index is 0.407. The van der Waals surface area contributed by atoms with E-state index in [0.717, 1.165) is 19.2 Å². The van der Waals surface area contributed by atoms with Crippen LogP contribution in [-0.4, -0.2) is 18.8 Å². The molecule has 0 radical (unpaired) electrons. The van der Waals surface area contributed by atoms with Crippen molar-refractivity contribution >= 4 is 17.4 Å². The molecule has 1 aromatic carbocycles. The van der Waals surface area contributed by atoms with Crippen LogP contribution >= 0.6 is 11.6 Å². The summed E-state index contributed by atoms with van der Waals surface area (Å²) in [6, 6.07) is 1.75. The highest BCUT2D eigenvalue weighted by Gasteiger charge is 2.20. The van der Waals surface area contributed by atoms with E-state index in [2.05, 4.69) is 4.74 Å². The minimum atomic E-state index is -0.839. The maximum absolute atomic E-state index is 13.1. The summed E-state index contributed by atoms with van der Waals surface area (Å²) in [6.07, 6.45) is 0. The van der Waals surface area contributed by atoms with Crippen molar-refractivity contribution in [2.24, 2.45) is 0 Å². The summed E-state index contributed by atoms with van der Waals surface area (Å²) in [5.41, 5.74) is -0.442. The van der Waals surface area contributed by atoms with Crippen molar-refractivity contribution in [2.45, 2.75) is 0 Å². The zero-order chi connectivity index (χ0) is 10.7. The van der Waals surface area contributed by atoms with Crippen LogP contribution in [0.4, 0.5) is 8.78 Å². The Labute approximate surface area is 84.4 Å². The van der Waals surface area contributed by atoms with Gasteiger partial charge in [0.05, 0.1) is 18.6 Å². The molecule has 0 unspecified atom stereocenters. The Balaban J connectivity index is 3.37. The third-order valence-electron chi connectivity index (χ3n) is 1.66. The number of halogens is 3. The molecule has 14 heavy (non-hydrogen) atoms. The van der Waals surface area contributed by atoms with Crippen LogP contribution in [0.5, 0.6) is 5.75 Å². The molecule has 5 heteroatoms. The summed E-state index contributed by atoms with van der Waals surface area (Å²) in [5, 5.41) is 0. The van der Waals surface area contributed by atoms with Gasteiger partial charge in [-0.2, -0.15) is 0 Å². The third kappa shape index (κ3) is 1.85. The monoisotopic (exact) mass is 220 g/mol. The van der Waals surface area contributed by atoms with E-state index in [1.165, 1.54) is 0 Å². The van der Waals surface area contributed by atoms with Crippen molar-refractivity contribution in [1.82, 2.24) is 0 Å². The van der Waals surface area contributed by atoms with Crippen LogP contribution in [0.3, 0.4) is 0 Å². The van der Waals surface area contributed by atoms with Gasteiger partial charge in [0.2, 0.25) is 0 Å². The number of rotatable bonds is 3. The Hall–Kier alpha value is -1.16. The third-order valence-corrected chi connectivity index (χ3v) is 1.91. The zero-order valence-electron chi connectivity index (χ0n) is 7.31. The van der Waals surface area contributed by atoms with Crippen molar-refractivity contribution in [3.63, 3.8) is 0 Å². The maximum atomic E-state index is 13.1. The number of hydrogen-bond acceptors (Lipinski definition) is 2. The Morgan fingerprint density at radius 3 is 2.50 bits per heavy atom. The van der Waals surface area contributed by atoms with Crippen LogP contribution in [0, 0.1) is 11.6 Å². The fourth-order valence-electron chi connectivity index (χ4n) is 1.06. The maximum Gasteiger partial charge on any atom is 0.184 e. The lowest BCUT2D eigenvalue weighted by Crippen LogP contribution is -2.08. The lowest BCUT2D eigenvalue weighted by Gasteiger charge is -2.07. The molecule has 2 nitrogen and oxygen atoms in total. The van der Waals surface area contributed by atoms with Gasteiger partial charge in [-0.15, -0.1) is 11.6 Å². The van der Waals surface area contributed by atoms with Crippen molar-refractivity contribution in [3.05, 3.63) is 29.3 Å². The normalized spacial score (nSPS) is 10.0. The lowest BCUT2D eigenvalue weighted by molar-refractivity contribution is 0.101. The van der Waals surface area contributed by atoms with Gasteiger partial charge in [-0.3, -0.25) is 4.79 Å². The Morgan fingerprint density at radius 2 is 2.00 bits per heavy atom. The fraction of sp³-hybridized carbons (Fsp3) is 0.222. The Bertz CT molecular complexity index is 366. The van der Waals surface area contributed by atoms with E-state index >= 15 is 0 Å². The molecule has 0 saturated heterocycles. The van der Waals surface area contributed by atoms with Gasteiger partial charge in [0.1, 0.15) is 5.82 Å². The number of carbonyl (C=O) groups is 1. The van der Waals surface area contributed by atoms with Gasteiger partial charge < -0.3 is 4.74 Å². The van der Waals surface area contributed by atoms with Crippen LogP contribution < -0.4 is 4.74 Å². The SMILES string of the molecule is COc1c(F)ccc(F)c1C(=O)CCl. The number of ketones is 1. The summed E-state index contributed by atoms with van der Waals surface area (Å²) < 4.78 is 30.8. The molecular weight excluding hydrogens is 214 g/mol. The first kappa shape index (κ1) is 10.9. The fourth-order valence-corrected chi connectivity index (χ4v) is 1.19. The quantitative estimate of drug-likeness (QED) is 0.578. The lowest BCUT2D eigenvalue weighted by atomic mass is 10.1. The molecule has 0 N–H and O–H groups in total. The summed E-state index contributed by atoms with van der Waals surface area (Å²) in [5.74, 6) is -3.16. The molecule has 0 atom stereocenters. The first-order chi connectivity index (χ1) is 6.61. The zero-order valence-corrected chi connectivity index (χ0v) is 8.07. The highest BCUT2D eigenvalue weighted by molar-refractivity contribution is 6.30. The van der Waals surface area contributed by atoms with Crippen molar-refractivity contribution in [1.29, 1.82) is 0 Å². The van der Waals surface area contributed by atoms with E-state index in [0.29, 0.717) is 0 Å². The van der Waals surface area contributed by atoms with E-state index in [9.17, 15) is 13.6 Å². The van der Waals surface area contributed by atoms with Crippen LogP contribution in [0.2, 0.25) is 0 Å². The average molecular weight is 221 g/mol. The second-order valence-electron chi connectivity index (χ2n) is 2.49. The Kier molecular flexibility index (Phi) is 3.41. The van der Waals surface area contributed by atoms with E-state index in [1.54, 1.807) is 0 Å². The second-order valence-corrected chi connectivity index (χ2v) is 2.76. The molecule has 0 aromatic heterocycles. The molecule has 76 valence electrons. The van der Waals surface area contributed by atoms with E-state index < -0.39 is 34.6 Å². The molecule has 0 spiro atoms. The van der Waals surface area contributed by atoms with Crippen molar-refractivity contribution < 1.29 is 18.3 Å². The standard InChI is InChI=1S/C9H7ClF2O2/c1-14-9-6(12)3-2-5(11)8(9)7(13)4-10/h2-3H,4H2,1H3. The number of Topliss-reactive ketones (excluding diaryl/α,β-unsaturated/α-hetero) is 1. The minimum Gasteiger partial charge on any atom is -0.493 e. The largest absolute Gasteiger partial charge is 0.493 e. The van der Waals surface area contributed by atoms with Gasteiger partial charge in [-0.05, 0) is 12.1 Å². The highest BCUT2D eigenvalue weighted by atomic mass is 35.5. The molecular formula is C9H7ClF2O2. The molecule has 1 rings (SSSR count). The van der Waals surface area contributed by atoms with Crippen molar-refractivity contribution in [3.8, 4) is 5.75 Å². The number of carbonyl (C=O) groups excluding carboxylic acids is 1.